The van der Waals surface area contributed by atoms with Gasteiger partial charge in [-0.1, -0.05) is 42.7 Å². The molecule has 0 saturated heterocycles. The van der Waals surface area contributed by atoms with E-state index >= 15 is 0 Å². The maximum atomic E-state index is 6.03. The van der Waals surface area contributed by atoms with Crippen LogP contribution in [-0.2, 0) is 13.2 Å². The van der Waals surface area contributed by atoms with Gasteiger partial charge >= 0.3 is 0 Å². The highest BCUT2D eigenvalue weighted by atomic mass is 79.9. The third kappa shape index (κ3) is 4.99. The topological polar surface area (TPSA) is 30.5 Å². The van der Waals surface area contributed by atoms with Crippen molar-refractivity contribution in [1.29, 1.82) is 0 Å². The van der Waals surface area contributed by atoms with E-state index in [1.165, 1.54) is 36.8 Å². The van der Waals surface area contributed by atoms with E-state index in [9.17, 15) is 0 Å². The molecule has 1 aliphatic rings. The number of ether oxygens (including phenoxy) is 2. The Morgan fingerprint density at radius 2 is 1.80 bits per heavy atom. The summed E-state index contributed by atoms with van der Waals surface area (Å²) in [6.07, 6.45) is 5.26. The summed E-state index contributed by atoms with van der Waals surface area (Å²) in [5, 5.41) is 3.64. The summed E-state index contributed by atoms with van der Waals surface area (Å²) >= 11 is 3.64. The standard InChI is InChI=1S/C21H26BrNO2/c1-15-7-9-16(10-8-15)14-25-21-19(22)11-17(12-20(21)24-2)13-23-18-5-3-4-6-18/h7-12,18,23H,3-6,13-14H2,1-2H3. The van der Waals surface area contributed by atoms with E-state index in [-0.39, 0.29) is 0 Å². The second-order valence-corrected chi connectivity index (χ2v) is 7.60. The average molecular weight is 404 g/mol. The monoisotopic (exact) mass is 403 g/mol. The second-order valence-electron chi connectivity index (χ2n) is 6.75. The van der Waals surface area contributed by atoms with Crippen LogP contribution in [0, 0.1) is 6.92 Å². The van der Waals surface area contributed by atoms with Crippen LogP contribution in [0.1, 0.15) is 42.4 Å². The van der Waals surface area contributed by atoms with Crippen LogP contribution in [0.25, 0.3) is 0 Å². The fourth-order valence-corrected chi connectivity index (χ4v) is 3.85. The van der Waals surface area contributed by atoms with E-state index in [1.807, 2.05) is 0 Å². The Balaban J connectivity index is 1.67. The van der Waals surface area contributed by atoms with Crippen molar-refractivity contribution < 1.29 is 9.47 Å². The quantitative estimate of drug-likeness (QED) is 0.672. The lowest BCUT2D eigenvalue weighted by atomic mass is 10.1. The van der Waals surface area contributed by atoms with Crippen LogP contribution in [-0.4, -0.2) is 13.2 Å². The van der Waals surface area contributed by atoms with Gasteiger partial charge in [0, 0.05) is 12.6 Å². The molecule has 0 spiro atoms. The zero-order valence-corrected chi connectivity index (χ0v) is 16.6. The number of hydrogen-bond donors (Lipinski definition) is 1. The lowest BCUT2D eigenvalue weighted by molar-refractivity contribution is 0.282. The molecule has 0 amide bonds. The van der Waals surface area contributed by atoms with Crippen LogP contribution in [0.15, 0.2) is 40.9 Å². The minimum absolute atomic E-state index is 0.523. The molecule has 1 fully saturated rings. The van der Waals surface area contributed by atoms with Crippen molar-refractivity contribution in [2.75, 3.05) is 7.11 Å². The number of benzene rings is 2. The van der Waals surface area contributed by atoms with E-state index in [0.29, 0.717) is 12.6 Å². The maximum Gasteiger partial charge on any atom is 0.175 e. The minimum Gasteiger partial charge on any atom is -0.493 e. The summed E-state index contributed by atoms with van der Waals surface area (Å²) < 4.78 is 12.5. The summed E-state index contributed by atoms with van der Waals surface area (Å²) in [5.41, 5.74) is 3.60. The Morgan fingerprint density at radius 3 is 2.48 bits per heavy atom. The second kappa shape index (κ2) is 8.72. The predicted molar refractivity (Wildman–Crippen MR) is 105 cm³/mol. The van der Waals surface area contributed by atoms with Crippen molar-refractivity contribution >= 4 is 15.9 Å². The van der Waals surface area contributed by atoms with Gasteiger partial charge in [-0.15, -0.1) is 0 Å². The van der Waals surface area contributed by atoms with Crippen LogP contribution in [0.2, 0.25) is 0 Å². The molecule has 134 valence electrons. The van der Waals surface area contributed by atoms with E-state index in [2.05, 4.69) is 64.6 Å². The van der Waals surface area contributed by atoms with Crippen molar-refractivity contribution in [2.24, 2.45) is 0 Å². The SMILES string of the molecule is COc1cc(CNC2CCCC2)cc(Br)c1OCc1ccc(C)cc1. The number of nitrogens with one attached hydrogen (secondary N) is 1. The maximum absolute atomic E-state index is 6.03. The van der Waals surface area contributed by atoms with Gasteiger partial charge in [-0.05, 0) is 59.0 Å². The van der Waals surface area contributed by atoms with E-state index < -0.39 is 0 Å². The van der Waals surface area contributed by atoms with Crippen LogP contribution in [0.4, 0.5) is 0 Å². The molecule has 0 aliphatic heterocycles. The lowest BCUT2D eigenvalue weighted by Crippen LogP contribution is -2.25. The number of hydrogen-bond acceptors (Lipinski definition) is 3. The molecule has 0 heterocycles. The third-order valence-corrected chi connectivity index (χ3v) is 5.33. The summed E-state index contributed by atoms with van der Waals surface area (Å²) in [7, 11) is 1.69. The number of rotatable bonds is 7. The Bertz CT molecular complexity index is 694. The van der Waals surface area contributed by atoms with Crippen LogP contribution < -0.4 is 14.8 Å². The fourth-order valence-electron chi connectivity index (χ4n) is 3.25. The van der Waals surface area contributed by atoms with Gasteiger partial charge in [0.05, 0.1) is 11.6 Å². The molecule has 2 aromatic carbocycles. The highest BCUT2D eigenvalue weighted by Crippen LogP contribution is 2.37. The van der Waals surface area contributed by atoms with Crippen LogP contribution in [0.3, 0.4) is 0 Å². The first-order chi connectivity index (χ1) is 12.2. The van der Waals surface area contributed by atoms with E-state index in [4.69, 9.17) is 9.47 Å². The molecule has 0 bridgehead atoms. The van der Waals surface area contributed by atoms with Gasteiger partial charge in [0.2, 0.25) is 0 Å². The van der Waals surface area contributed by atoms with E-state index in [0.717, 1.165) is 28.1 Å². The Hall–Kier alpha value is -1.52. The highest BCUT2D eigenvalue weighted by molar-refractivity contribution is 9.10. The van der Waals surface area contributed by atoms with Crippen LogP contribution >= 0.6 is 15.9 Å². The fraction of sp³-hybridized carbons (Fsp3) is 0.429. The Labute approximate surface area is 158 Å². The zero-order valence-electron chi connectivity index (χ0n) is 15.0. The van der Waals surface area contributed by atoms with Crippen molar-refractivity contribution in [3.63, 3.8) is 0 Å². The zero-order chi connectivity index (χ0) is 17.6. The molecule has 0 unspecified atom stereocenters. The summed E-state index contributed by atoms with van der Waals surface area (Å²) in [5.74, 6) is 1.53. The van der Waals surface area contributed by atoms with Crippen LogP contribution in [0.5, 0.6) is 11.5 Å². The minimum atomic E-state index is 0.523. The largest absolute Gasteiger partial charge is 0.493 e. The van der Waals surface area contributed by atoms with E-state index in [1.54, 1.807) is 7.11 Å². The molecule has 1 aliphatic carbocycles. The molecule has 1 N–H and O–H groups in total. The van der Waals surface area contributed by atoms with Gasteiger partial charge in [0.25, 0.3) is 0 Å². The van der Waals surface area contributed by atoms with Crippen molar-refractivity contribution in [2.45, 2.75) is 51.8 Å². The molecule has 2 aromatic rings. The third-order valence-electron chi connectivity index (χ3n) is 4.74. The summed E-state index contributed by atoms with van der Waals surface area (Å²) in [6, 6.07) is 13.2. The molecular weight excluding hydrogens is 378 g/mol. The molecule has 3 rings (SSSR count). The smallest absolute Gasteiger partial charge is 0.175 e. The molecule has 0 atom stereocenters. The van der Waals surface area contributed by atoms with Crippen molar-refractivity contribution in [3.8, 4) is 11.5 Å². The normalized spacial score (nSPS) is 14.7. The molecule has 25 heavy (non-hydrogen) atoms. The van der Waals surface area contributed by atoms with Crippen molar-refractivity contribution in [1.82, 2.24) is 5.32 Å². The molecule has 4 heteroatoms. The van der Waals surface area contributed by atoms with Gasteiger partial charge in [-0.2, -0.15) is 0 Å². The first-order valence-electron chi connectivity index (χ1n) is 8.94. The number of halogens is 1. The number of aryl methyl sites for hydroxylation is 1. The highest BCUT2D eigenvalue weighted by Gasteiger charge is 2.16. The Kier molecular flexibility index (Phi) is 6.38. The van der Waals surface area contributed by atoms with Gasteiger partial charge in [-0.25, -0.2) is 0 Å². The van der Waals surface area contributed by atoms with Gasteiger partial charge < -0.3 is 14.8 Å². The molecule has 0 aromatic heterocycles. The van der Waals surface area contributed by atoms with Crippen molar-refractivity contribution in [3.05, 3.63) is 57.6 Å². The van der Waals surface area contributed by atoms with Gasteiger partial charge in [-0.3, -0.25) is 0 Å². The molecular formula is C21H26BrNO2. The Morgan fingerprint density at radius 1 is 1.08 bits per heavy atom. The summed E-state index contributed by atoms with van der Waals surface area (Å²) in [4.78, 5) is 0. The predicted octanol–water partition coefficient (Wildman–Crippen LogP) is 5.38. The first kappa shape index (κ1) is 18.3. The van der Waals surface area contributed by atoms with Gasteiger partial charge in [0.1, 0.15) is 6.61 Å². The van der Waals surface area contributed by atoms with Gasteiger partial charge in [0.15, 0.2) is 11.5 Å². The lowest BCUT2D eigenvalue weighted by Gasteiger charge is -2.16. The summed E-state index contributed by atoms with van der Waals surface area (Å²) in [6.45, 7) is 3.47. The molecule has 0 radical (unpaired) electrons. The molecule has 3 nitrogen and oxygen atoms in total. The first-order valence-corrected chi connectivity index (χ1v) is 9.73. The average Bonchev–Trinajstić information content (AvgIpc) is 3.13. The number of methoxy groups -OCH3 is 1. The molecule has 1 saturated carbocycles.